The number of methoxy groups -OCH3 is 1. The van der Waals surface area contributed by atoms with E-state index >= 15 is 0 Å². The molecule has 10 heteroatoms. The van der Waals surface area contributed by atoms with Crippen molar-refractivity contribution < 1.29 is 23.8 Å². The number of nitrogens with zero attached hydrogens (tertiary/aromatic N) is 2. The number of hydrogen-bond donors (Lipinski definition) is 2. The Morgan fingerprint density at radius 3 is 2.47 bits per heavy atom. The number of halogens is 1. The van der Waals surface area contributed by atoms with Crippen molar-refractivity contribution in [1.29, 1.82) is 5.41 Å². The average molecular weight is 590 g/mol. The van der Waals surface area contributed by atoms with E-state index in [1.807, 2.05) is 25.1 Å². The number of fused-ring (bicyclic) bond motifs is 1. The van der Waals surface area contributed by atoms with Gasteiger partial charge < -0.3 is 29.3 Å². The average Bonchev–Trinajstić information content (AvgIpc) is 3.21. The first-order valence-corrected chi connectivity index (χ1v) is 12.7. The van der Waals surface area contributed by atoms with E-state index in [2.05, 4.69) is 24.1 Å². The van der Waals surface area contributed by atoms with E-state index in [1.54, 1.807) is 25.1 Å². The minimum atomic E-state index is -0.274. The van der Waals surface area contributed by atoms with Gasteiger partial charge in [0.05, 0.1) is 44.7 Å². The van der Waals surface area contributed by atoms with Gasteiger partial charge in [0.25, 0.3) is 5.91 Å². The fourth-order valence-electron chi connectivity index (χ4n) is 4.90. The van der Waals surface area contributed by atoms with Gasteiger partial charge in [-0.2, -0.15) is 0 Å². The molecule has 2 aromatic carbocycles. The quantitative estimate of drug-likeness (QED) is 0.426. The summed E-state index contributed by atoms with van der Waals surface area (Å²) < 4.78 is 17.0. The standard InChI is InChI=1S/C28H36N4O5.BrH/c1-6-37-25-13-19-15-32(27(29)21(19)14-22(25)28(34)30-4)16-24(33)18-11-20(17(2)3)26(35-5)23(12-18)31-7-9-36-10-8-31;/h11-14,17,29H,6-10,15-16H2,1-5H3,(H,30,34);1H. The van der Waals surface area contributed by atoms with Crippen LogP contribution in [-0.2, 0) is 11.3 Å². The van der Waals surface area contributed by atoms with Crippen LogP contribution in [0.2, 0.25) is 0 Å². The monoisotopic (exact) mass is 588 g/mol. The molecule has 2 N–H and O–H groups in total. The molecule has 0 unspecified atom stereocenters. The van der Waals surface area contributed by atoms with Crippen LogP contribution in [0.1, 0.15) is 64.1 Å². The number of carbonyl (C=O) groups is 2. The number of ether oxygens (including phenoxy) is 3. The summed E-state index contributed by atoms with van der Waals surface area (Å²) in [5.41, 5.74) is 4.36. The summed E-state index contributed by atoms with van der Waals surface area (Å²) in [5, 5.41) is 11.4. The Morgan fingerprint density at radius 1 is 1.16 bits per heavy atom. The third kappa shape index (κ3) is 5.81. The van der Waals surface area contributed by atoms with Crippen LogP contribution in [0.25, 0.3) is 0 Å². The SMILES string of the molecule is Br.CCOc1cc2c(cc1C(=O)NC)C(=N)N(CC(=O)c1cc(C(C)C)c(OC)c(N3CCOCC3)c1)C2. The fourth-order valence-corrected chi connectivity index (χ4v) is 4.90. The highest BCUT2D eigenvalue weighted by Crippen LogP contribution is 2.38. The number of benzene rings is 2. The Hall–Kier alpha value is -3.11. The second-order valence-electron chi connectivity index (χ2n) is 9.52. The first-order chi connectivity index (χ1) is 17.8. The van der Waals surface area contributed by atoms with E-state index in [0.29, 0.717) is 48.8 Å². The van der Waals surface area contributed by atoms with Crippen molar-refractivity contribution in [2.45, 2.75) is 33.2 Å². The number of carbonyl (C=O) groups excluding carboxylic acids is 2. The fraction of sp³-hybridized carbons (Fsp3) is 0.464. The molecule has 206 valence electrons. The van der Waals surface area contributed by atoms with Crippen LogP contribution in [0, 0.1) is 5.41 Å². The second kappa shape index (κ2) is 12.6. The number of Topliss-reactive ketones (excluding diaryl/α,β-unsaturated/α-hetero) is 1. The van der Waals surface area contributed by atoms with Crippen LogP contribution in [0.5, 0.6) is 11.5 Å². The molecule has 0 spiro atoms. The molecule has 0 aromatic heterocycles. The predicted molar refractivity (Wildman–Crippen MR) is 153 cm³/mol. The van der Waals surface area contributed by atoms with Gasteiger partial charge in [0.1, 0.15) is 17.3 Å². The summed E-state index contributed by atoms with van der Waals surface area (Å²) in [6.07, 6.45) is 0. The molecule has 4 rings (SSSR count). The van der Waals surface area contributed by atoms with Crippen LogP contribution >= 0.6 is 17.0 Å². The van der Waals surface area contributed by atoms with Crippen molar-refractivity contribution in [3.8, 4) is 11.5 Å². The first kappa shape index (κ1) is 29.4. The number of rotatable bonds is 9. The van der Waals surface area contributed by atoms with Crippen LogP contribution in [0.4, 0.5) is 5.69 Å². The van der Waals surface area contributed by atoms with Gasteiger partial charge in [-0.1, -0.05) is 13.8 Å². The smallest absolute Gasteiger partial charge is 0.254 e. The molecule has 2 aliphatic heterocycles. The highest BCUT2D eigenvalue weighted by atomic mass is 79.9. The summed E-state index contributed by atoms with van der Waals surface area (Å²) in [7, 11) is 3.23. The third-order valence-electron chi connectivity index (χ3n) is 6.84. The van der Waals surface area contributed by atoms with Gasteiger partial charge in [-0.05, 0) is 48.2 Å². The van der Waals surface area contributed by atoms with Gasteiger partial charge in [0, 0.05) is 37.8 Å². The van der Waals surface area contributed by atoms with E-state index < -0.39 is 0 Å². The Bertz CT molecular complexity index is 1210. The van der Waals surface area contributed by atoms with Crippen molar-refractivity contribution in [3.05, 3.63) is 52.1 Å². The van der Waals surface area contributed by atoms with Gasteiger partial charge in [0.2, 0.25) is 0 Å². The maximum atomic E-state index is 13.6. The molecular formula is C28H37BrN4O5. The van der Waals surface area contributed by atoms with Crippen molar-refractivity contribution in [3.63, 3.8) is 0 Å². The van der Waals surface area contributed by atoms with Crippen LogP contribution in [0.15, 0.2) is 24.3 Å². The lowest BCUT2D eigenvalue weighted by atomic mass is 9.96. The molecular weight excluding hydrogens is 552 g/mol. The highest BCUT2D eigenvalue weighted by Gasteiger charge is 2.30. The van der Waals surface area contributed by atoms with Crippen LogP contribution in [-0.4, -0.2) is 76.0 Å². The van der Waals surface area contributed by atoms with E-state index in [4.69, 9.17) is 19.6 Å². The second-order valence-corrected chi connectivity index (χ2v) is 9.52. The molecule has 1 fully saturated rings. The van der Waals surface area contributed by atoms with E-state index in [9.17, 15) is 9.59 Å². The van der Waals surface area contributed by atoms with Gasteiger partial charge in [-0.15, -0.1) is 17.0 Å². The minimum absolute atomic E-state index is 0. The van der Waals surface area contributed by atoms with Gasteiger partial charge in [0.15, 0.2) is 5.78 Å². The lowest BCUT2D eigenvalue weighted by Crippen LogP contribution is -2.37. The van der Waals surface area contributed by atoms with Gasteiger partial charge >= 0.3 is 0 Å². The molecule has 0 radical (unpaired) electrons. The van der Waals surface area contributed by atoms with Crippen LogP contribution < -0.4 is 19.7 Å². The maximum absolute atomic E-state index is 13.6. The Balaban J connectivity index is 0.00000400. The summed E-state index contributed by atoms with van der Waals surface area (Å²) in [6, 6.07) is 7.32. The molecule has 2 aliphatic rings. The third-order valence-corrected chi connectivity index (χ3v) is 6.84. The van der Waals surface area contributed by atoms with Crippen molar-refractivity contribution in [2.75, 3.05) is 58.5 Å². The molecule has 9 nitrogen and oxygen atoms in total. The van der Waals surface area contributed by atoms with Crippen LogP contribution in [0.3, 0.4) is 0 Å². The predicted octanol–water partition coefficient (Wildman–Crippen LogP) is 4.02. The molecule has 2 aromatic rings. The van der Waals surface area contributed by atoms with E-state index in [0.717, 1.165) is 35.7 Å². The first-order valence-electron chi connectivity index (χ1n) is 12.7. The molecule has 1 saturated heterocycles. The van der Waals surface area contributed by atoms with E-state index in [1.165, 1.54) is 0 Å². The molecule has 1 amide bonds. The molecule has 0 atom stereocenters. The number of hydrogen-bond acceptors (Lipinski definition) is 7. The largest absolute Gasteiger partial charge is 0.494 e. The molecule has 0 saturated carbocycles. The summed E-state index contributed by atoms with van der Waals surface area (Å²) in [5.74, 6) is 1.31. The Labute approximate surface area is 234 Å². The molecule has 0 aliphatic carbocycles. The number of nitrogens with one attached hydrogen (secondary N) is 2. The minimum Gasteiger partial charge on any atom is -0.494 e. The summed E-state index contributed by atoms with van der Waals surface area (Å²) in [4.78, 5) is 29.9. The lowest BCUT2D eigenvalue weighted by molar-refractivity contribution is 0.0953. The van der Waals surface area contributed by atoms with Crippen molar-refractivity contribution in [1.82, 2.24) is 10.2 Å². The van der Waals surface area contributed by atoms with Crippen molar-refractivity contribution >= 4 is 40.2 Å². The zero-order chi connectivity index (χ0) is 26.7. The van der Waals surface area contributed by atoms with Crippen molar-refractivity contribution in [2.24, 2.45) is 0 Å². The Kier molecular flexibility index (Phi) is 9.78. The number of morpholine rings is 1. The lowest BCUT2D eigenvalue weighted by Gasteiger charge is -2.31. The highest BCUT2D eigenvalue weighted by molar-refractivity contribution is 8.93. The number of anilines is 1. The summed E-state index contributed by atoms with van der Waals surface area (Å²) in [6.45, 7) is 9.62. The van der Waals surface area contributed by atoms with Gasteiger partial charge in [-0.25, -0.2) is 0 Å². The topological polar surface area (TPSA) is 104 Å². The normalized spacial score (nSPS) is 14.7. The summed E-state index contributed by atoms with van der Waals surface area (Å²) >= 11 is 0. The number of ketones is 1. The van der Waals surface area contributed by atoms with Gasteiger partial charge in [-0.3, -0.25) is 15.0 Å². The zero-order valence-electron chi connectivity index (χ0n) is 22.7. The molecule has 0 bridgehead atoms. The maximum Gasteiger partial charge on any atom is 0.254 e. The Morgan fingerprint density at radius 2 is 1.87 bits per heavy atom. The molecule has 38 heavy (non-hydrogen) atoms. The van der Waals surface area contributed by atoms with E-state index in [-0.39, 0.29) is 47.0 Å². The number of amidine groups is 1. The number of amides is 1. The zero-order valence-corrected chi connectivity index (χ0v) is 24.4. The molecule has 2 heterocycles.